The average Bonchev–Trinajstić information content (AvgIpc) is 3.05. The van der Waals surface area contributed by atoms with E-state index < -0.39 is 0 Å². The number of anilines is 1. The van der Waals surface area contributed by atoms with E-state index in [1.165, 1.54) is 0 Å². The number of aryl methyl sites for hydroxylation is 1. The molecule has 5 heteroatoms. The van der Waals surface area contributed by atoms with E-state index in [1.807, 2.05) is 55.6 Å². The van der Waals surface area contributed by atoms with Crippen LogP contribution in [-0.2, 0) is 0 Å². The standard InChI is InChI=1S/C20H17N5/c1-12-3-6-18(23-11-12)20-24-17-8-5-14(10-19(17)25-20)13-4-7-16(22-2)15(21)9-13/h3-11H,2,21H2,1H3,(H,24,25). The second kappa shape index (κ2) is 5.87. The predicted molar refractivity (Wildman–Crippen MR) is 103 cm³/mol. The third-order valence-electron chi connectivity index (χ3n) is 4.17. The summed E-state index contributed by atoms with van der Waals surface area (Å²) in [7, 11) is 0. The highest BCUT2D eigenvalue weighted by Gasteiger charge is 2.08. The molecule has 4 rings (SSSR count). The molecular weight excluding hydrogens is 310 g/mol. The molecule has 0 fully saturated rings. The van der Waals surface area contributed by atoms with Crippen molar-refractivity contribution in [3.63, 3.8) is 0 Å². The Bertz CT molecular complexity index is 1080. The number of nitrogen functional groups attached to an aromatic ring is 1. The second-order valence-electron chi connectivity index (χ2n) is 5.97. The average molecular weight is 327 g/mol. The molecule has 25 heavy (non-hydrogen) atoms. The number of aromatic nitrogens is 3. The van der Waals surface area contributed by atoms with Crippen LogP contribution in [-0.4, -0.2) is 21.7 Å². The lowest BCUT2D eigenvalue weighted by atomic mass is 10.0. The van der Waals surface area contributed by atoms with Crippen molar-refractivity contribution in [2.24, 2.45) is 4.99 Å². The smallest absolute Gasteiger partial charge is 0.157 e. The topological polar surface area (TPSA) is 80.0 Å². The first-order valence-corrected chi connectivity index (χ1v) is 7.93. The molecule has 0 bridgehead atoms. The van der Waals surface area contributed by atoms with Gasteiger partial charge < -0.3 is 10.7 Å². The SMILES string of the molecule is C=Nc1ccc(-c2ccc3nc(-c4ccc(C)cn4)[nH]c3c2)cc1N. The zero-order valence-electron chi connectivity index (χ0n) is 13.8. The fourth-order valence-electron chi connectivity index (χ4n) is 2.80. The maximum atomic E-state index is 6.01. The zero-order chi connectivity index (χ0) is 17.4. The molecule has 5 nitrogen and oxygen atoms in total. The van der Waals surface area contributed by atoms with Gasteiger partial charge in [-0.25, -0.2) is 4.98 Å². The summed E-state index contributed by atoms with van der Waals surface area (Å²) in [6, 6.07) is 15.9. The number of aromatic amines is 1. The number of nitrogens with zero attached hydrogens (tertiary/aromatic N) is 3. The minimum Gasteiger partial charge on any atom is -0.397 e. The first kappa shape index (κ1) is 15.1. The first-order valence-electron chi connectivity index (χ1n) is 7.93. The number of hydrogen-bond acceptors (Lipinski definition) is 4. The molecule has 0 amide bonds. The lowest BCUT2D eigenvalue weighted by Crippen LogP contribution is -1.87. The summed E-state index contributed by atoms with van der Waals surface area (Å²) in [5, 5.41) is 0. The summed E-state index contributed by atoms with van der Waals surface area (Å²) in [6.07, 6.45) is 1.84. The quantitative estimate of drug-likeness (QED) is 0.429. The minimum absolute atomic E-state index is 0.613. The molecule has 122 valence electrons. The van der Waals surface area contributed by atoms with Crippen LogP contribution in [0.3, 0.4) is 0 Å². The number of pyridine rings is 1. The molecule has 0 saturated heterocycles. The van der Waals surface area contributed by atoms with Crippen molar-refractivity contribution in [2.45, 2.75) is 6.92 Å². The van der Waals surface area contributed by atoms with Gasteiger partial charge in [0.1, 0.15) is 5.69 Å². The van der Waals surface area contributed by atoms with Crippen LogP contribution >= 0.6 is 0 Å². The second-order valence-corrected chi connectivity index (χ2v) is 5.97. The number of rotatable bonds is 3. The van der Waals surface area contributed by atoms with Crippen LogP contribution in [0.2, 0.25) is 0 Å². The Kier molecular flexibility index (Phi) is 3.54. The van der Waals surface area contributed by atoms with Gasteiger partial charge in [0, 0.05) is 6.20 Å². The van der Waals surface area contributed by atoms with Crippen molar-refractivity contribution in [1.29, 1.82) is 0 Å². The number of H-pyrrole nitrogens is 1. The Labute approximate surface area is 145 Å². The van der Waals surface area contributed by atoms with Crippen molar-refractivity contribution >= 4 is 29.1 Å². The van der Waals surface area contributed by atoms with Crippen LogP contribution in [0.4, 0.5) is 11.4 Å². The first-order chi connectivity index (χ1) is 12.1. The van der Waals surface area contributed by atoms with E-state index in [2.05, 4.69) is 32.7 Å². The Hall–Kier alpha value is -3.47. The number of hydrogen-bond donors (Lipinski definition) is 2. The number of imidazole rings is 1. The Morgan fingerprint density at radius 3 is 2.56 bits per heavy atom. The number of benzene rings is 2. The predicted octanol–water partition coefficient (Wildman–Crippen LogP) is 4.51. The summed E-state index contributed by atoms with van der Waals surface area (Å²) in [4.78, 5) is 16.3. The molecule has 0 aliphatic heterocycles. The van der Waals surface area contributed by atoms with Crippen LogP contribution < -0.4 is 5.73 Å². The highest BCUT2D eigenvalue weighted by Crippen LogP contribution is 2.30. The zero-order valence-corrected chi connectivity index (χ0v) is 13.8. The van der Waals surface area contributed by atoms with Crippen molar-refractivity contribution in [1.82, 2.24) is 15.0 Å². The number of fused-ring (bicyclic) bond motifs is 1. The van der Waals surface area contributed by atoms with Crippen LogP contribution in [0.5, 0.6) is 0 Å². The number of nitrogens with one attached hydrogen (secondary N) is 1. The Balaban J connectivity index is 1.76. The van der Waals surface area contributed by atoms with E-state index >= 15 is 0 Å². The van der Waals surface area contributed by atoms with Crippen LogP contribution in [0.15, 0.2) is 59.7 Å². The van der Waals surface area contributed by atoms with Gasteiger partial charge in [-0.3, -0.25) is 9.98 Å². The molecule has 0 radical (unpaired) electrons. The van der Waals surface area contributed by atoms with E-state index in [0.29, 0.717) is 11.4 Å². The molecule has 0 unspecified atom stereocenters. The van der Waals surface area contributed by atoms with Crippen molar-refractivity contribution in [2.75, 3.05) is 5.73 Å². The maximum absolute atomic E-state index is 6.01. The maximum Gasteiger partial charge on any atom is 0.157 e. The van der Waals surface area contributed by atoms with Crippen molar-refractivity contribution < 1.29 is 0 Å². The van der Waals surface area contributed by atoms with E-state index in [0.717, 1.165) is 39.2 Å². The van der Waals surface area contributed by atoms with Gasteiger partial charge in [-0.05, 0) is 60.7 Å². The molecule has 0 atom stereocenters. The normalized spacial score (nSPS) is 10.9. The van der Waals surface area contributed by atoms with E-state index in [9.17, 15) is 0 Å². The van der Waals surface area contributed by atoms with E-state index in [-0.39, 0.29) is 0 Å². The van der Waals surface area contributed by atoms with Gasteiger partial charge in [-0.1, -0.05) is 18.2 Å². The summed E-state index contributed by atoms with van der Waals surface area (Å²) < 4.78 is 0. The molecule has 0 saturated carbocycles. The van der Waals surface area contributed by atoms with Gasteiger partial charge in [0.05, 0.1) is 22.4 Å². The van der Waals surface area contributed by atoms with Crippen molar-refractivity contribution in [3.8, 4) is 22.6 Å². The lowest BCUT2D eigenvalue weighted by Gasteiger charge is -2.05. The lowest BCUT2D eigenvalue weighted by molar-refractivity contribution is 1.21. The molecule has 0 aliphatic rings. The monoisotopic (exact) mass is 327 g/mol. The van der Waals surface area contributed by atoms with Crippen LogP contribution in [0, 0.1) is 6.92 Å². The summed E-state index contributed by atoms with van der Waals surface area (Å²) in [5.41, 5.74) is 13.2. The van der Waals surface area contributed by atoms with Gasteiger partial charge in [0.25, 0.3) is 0 Å². The van der Waals surface area contributed by atoms with Crippen LogP contribution in [0.1, 0.15) is 5.56 Å². The van der Waals surface area contributed by atoms with Gasteiger partial charge in [0.15, 0.2) is 5.82 Å². The van der Waals surface area contributed by atoms with E-state index in [1.54, 1.807) is 0 Å². The highest BCUT2D eigenvalue weighted by molar-refractivity contribution is 5.85. The third kappa shape index (κ3) is 2.76. The van der Waals surface area contributed by atoms with Gasteiger partial charge in [-0.2, -0.15) is 0 Å². The van der Waals surface area contributed by atoms with Gasteiger partial charge in [-0.15, -0.1) is 0 Å². The third-order valence-corrected chi connectivity index (χ3v) is 4.17. The minimum atomic E-state index is 0.613. The van der Waals surface area contributed by atoms with Crippen LogP contribution in [0.25, 0.3) is 33.7 Å². The largest absolute Gasteiger partial charge is 0.397 e. The summed E-state index contributed by atoms with van der Waals surface area (Å²) in [6.45, 7) is 5.54. The molecule has 2 aromatic heterocycles. The molecular formula is C20H17N5. The van der Waals surface area contributed by atoms with Gasteiger partial charge >= 0.3 is 0 Å². The summed E-state index contributed by atoms with van der Waals surface area (Å²) >= 11 is 0. The highest BCUT2D eigenvalue weighted by atomic mass is 14.9. The molecule has 0 spiro atoms. The Morgan fingerprint density at radius 2 is 1.84 bits per heavy atom. The van der Waals surface area contributed by atoms with E-state index in [4.69, 9.17) is 5.73 Å². The molecule has 2 aromatic carbocycles. The molecule has 4 aromatic rings. The summed E-state index contributed by atoms with van der Waals surface area (Å²) in [5.74, 6) is 0.762. The number of nitrogens with two attached hydrogens (primary N) is 1. The number of aliphatic imine (C=N–C) groups is 1. The fraction of sp³-hybridized carbons (Fsp3) is 0.0500. The fourth-order valence-corrected chi connectivity index (χ4v) is 2.80. The van der Waals surface area contributed by atoms with Crippen molar-refractivity contribution in [3.05, 3.63) is 60.3 Å². The molecule has 3 N–H and O–H groups in total. The van der Waals surface area contributed by atoms with Gasteiger partial charge in [0.2, 0.25) is 0 Å². The molecule has 2 heterocycles. The Morgan fingerprint density at radius 1 is 1.04 bits per heavy atom. The molecule has 0 aliphatic carbocycles.